The highest BCUT2D eigenvalue weighted by Gasteiger charge is 2.24. The van der Waals surface area contributed by atoms with Crippen molar-refractivity contribution in [3.8, 4) is 0 Å². The molecular formula is C16H14FNO2. The molecule has 102 valence electrons. The van der Waals surface area contributed by atoms with E-state index in [0.29, 0.717) is 18.0 Å². The van der Waals surface area contributed by atoms with Crippen LogP contribution in [-0.2, 0) is 11.2 Å². The van der Waals surface area contributed by atoms with Gasteiger partial charge in [-0.15, -0.1) is 0 Å². The highest BCUT2D eigenvalue weighted by atomic mass is 19.1. The second kappa shape index (κ2) is 5.33. The number of aryl methyl sites for hydroxylation is 1. The van der Waals surface area contributed by atoms with Crippen LogP contribution in [0, 0.1) is 5.82 Å². The molecule has 0 aliphatic carbocycles. The number of carbonyl (C=O) groups excluding carboxylic acids is 1. The Balaban J connectivity index is 1.87. The molecule has 0 N–H and O–H groups in total. The van der Waals surface area contributed by atoms with Gasteiger partial charge in [-0.3, -0.25) is 4.79 Å². The number of rotatable bonds is 2. The Morgan fingerprint density at radius 1 is 1.30 bits per heavy atom. The van der Waals surface area contributed by atoms with Crippen LogP contribution >= 0.6 is 0 Å². The lowest BCUT2D eigenvalue weighted by atomic mass is 10.0. The first-order chi connectivity index (χ1) is 9.75. The monoisotopic (exact) mass is 271 g/mol. The lowest BCUT2D eigenvalue weighted by Gasteiger charge is -2.28. The second-order valence-corrected chi connectivity index (χ2v) is 4.69. The molecule has 0 spiro atoms. The molecule has 2 aromatic rings. The molecule has 0 saturated heterocycles. The van der Waals surface area contributed by atoms with E-state index in [1.54, 1.807) is 30.5 Å². The number of fused-ring (bicyclic) bond motifs is 1. The number of halogens is 1. The summed E-state index contributed by atoms with van der Waals surface area (Å²) >= 11 is 0. The van der Waals surface area contributed by atoms with E-state index in [2.05, 4.69) is 0 Å². The second-order valence-electron chi connectivity index (χ2n) is 4.69. The summed E-state index contributed by atoms with van der Waals surface area (Å²) in [4.78, 5) is 13.7. The van der Waals surface area contributed by atoms with Crippen LogP contribution in [0.3, 0.4) is 0 Å². The first-order valence-corrected chi connectivity index (χ1v) is 6.56. The van der Waals surface area contributed by atoms with Crippen molar-refractivity contribution in [2.45, 2.75) is 12.8 Å². The molecule has 3 rings (SSSR count). The number of hydrogen-bond donors (Lipinski definition) is 0. The van der Waals surface area contributed by atoms with Crippen molar-refractivity contribution in [2.24, 2.45) is 0 Å². The highest BCUT2D eigenvalue weighted by Crippen LogP contribution is 2.30. The molecule has 0 fully saturated rings. The molecule has 1 aliphatic rings. The number of hydrogen-bond acceptors (Lipinski definition) is 2. The van der Waals surface area contributed by atoms with Gasteiger partial charge >= 0.3 is 0 Å². The molecule has 1 aliphatic heterocycles. The van der Waals surface area contributed by atoms with Crippen molar-refractivity contribution >= 4 is 17.7 Å². The van der Waals surface area contributed by atoms with Gasteiger partial charge in [-0.1, -0.05) is 12.1 Å². The summed E-state index contributed by atoms with van der Waals surface area (Å²) in [6, 6.07) is 8.45. The van der Waals surface area contributed by atoms with E-state index < -0.39 is 0 Å². The van der Waals surface area contributed by atoms with Gasteiger partial charge in [0.2, 0.25) is 0 Å². The Kier molecular flexibility index (Phi) is 3.37. The molecule has 1 aromatic heterocycles. The van der Waals surface area contributed by atoms with Crippen LogP contribution in [-0.4, -0.2) is 12.5 Å². The van der Waals surface area contributed by atoms with Gasteiger partial charge in [-0.05, 0) is 42.7 Å². The largest absolute Gasteiger partial charge is 0.465 e. The van der Waals surface area contributed by atoms with Crippen LogP contribution in [0.5, 0.6) is 0 Å². The molecular weight excluding hydrogens is 257 g/mol. The van der Waals surface area contributed by atoms with Crippen LogP contribution < -0.4 is 4.90 Å². The molecule has 0 bridgehead atoms. The lowest BCUT2D eigenvalue weighted by Crippen LogP contribution is -2.35. The fourth-order valence-corrected chi connectivity index (χ4v) is 2.45. The highest BCUT2D eigenvalue weighted by molar-refractivity contribution is 6.04. The maximum Gasteiger partial charge on any atom is 0.251 e. The van der Waals surface area contributed by atoms with Gasteiger partial charge in [0, 0.05) is 12.6 Å². The Labute approximate surface area is 116 Å². The number of nitrogens with zero attached hydrogens (tertiary/aromatic N) is 1. The third-order valence-electron chi connectivity index (χ3n) is 3.37. The Morgan fingerprint density at radius 2 is 2.20 bits per heavy atom. The Bertz CT molecular complexity index is 647. The quantitative estimate of drug-likeness (QED) is 0.784. The van der Waals surface area contributed by atoms with Crippen molar-refractivity contribution in [3.05, 3.63) is 59.8 Å². The number of carbonyl (C=O) groups is 1. The molecule has 0 unspecified atom stereocenters. The SMILES string of the molecule is O=C(C=Cc1ccco1)N1CCCc2cccc(F)c21. The molecule has 0 saturated carbocycles. The van der Waals surface area contributed by atoms with Crippen molar-refractivity contribution in [3.63, 3.8) is 0 Å². The first-order valence-electron chi connectivity index (χ1n) is 6.56. The number of amides is 1. The van der Waals surface area contributed by atoms with E-state index in [0.717, 1.165) is 18.4 Å². The fraction of sp³-hybridized carbons (Fsp3) is 0.188. The van der Waals surface area contributed by atoms with E-state index in [4.69, 9.17) is 4.42 Å². The maximum absolute atomic E-state index is 14.0. The molecule has 0 atom stereocenters. The number of para-hydroxylation sites is 1. The molecule has 4 heteroatoms. The van der Waals surface area contributed by atoms with Gasteiger partial charge in [0.25, 0.3) is 5.91 Å². The predicted octanol–water partition coefficient (Wildman–Crippen LogP) is 3.41. The summed E-state index contributed by atoms with van der Waals surface area (Å²) in [6.45, 7) is 0.537. The van der Waals surface area contributed by atoms with Gasteiger partial charge < -0.3 is 9.32 Å². The first kappa shape index (κ1) is 12.7. The van der Waals surface area contributed by atoms with E-state index >= 15 is 0 Å². The molecule has 1 amide bonds. The zero-order valence-electron chi connectivity index (χ0n) is 10.9. The summed E-state index contributed by atoms with van der Waals surface area (Å²) in [5.41, 5.74) is 1.30. The third kappa shape index (κ3) is 2.37. The van der Waals surface area contributed by atoms with Gasteiger partial charge in [0.1, 0.15) is 11.6 Å². The normalized spacial score (nSPS) is 14.6. The van der Waals surface area contributed by atoms with Crippen molar-refractivity contribution in [1.29, 1.82) is 0 Å². The maximum atomic E-state index is 14.0. The summed E-state index contributed by atoms with van der Waals surface area (Å²) in [5, 5.41) is 0. The zero-order chi connectivity index (χ0) is 13.9. The molecule has 2 heterocycles. The van der Waals surface area contributed by atoms with E-state index in [1.165, 1.54) is 17.0 Å². The summed E-state index contributed by atoms with van der Waals surface area (Å²) in [5.74, 6) is 0.0264. The number of anilines is 1. The molecule has 3 nitrogen and oxygen atoms in total. The smallest absolute Gasteiger partial charge is 0.251 e. The summed E-state index contributed by atoms with van der Waals surface area (Å²) < 4.78 is 19.1. The number of benzene rings is 1. The van der Waals surface area contributed by atoms with Crippen LogP contribution in [0.25, 0.3) is 6.08 Å². The summed E-state index contributed by atoms with van der Waals surface area (Å²) in [6.07, 6.45) is 6.20. The predicted molar refractivity (Wildman–Crippen MR) is 74.8 cm³/mol. The van der Waals surface area contributed by atoms with Crippen molar-refractivity contribution < 1.29 is 13.6 Å². The zero-order valence-corrected chi connectivity index (χ0v) is 10.9. The van der Waals surface area contributed by atoms with Crippen LogP contribution in [0.2, 0.25) is 0 Å². The topological polar surface area (TPSA) is 33.5 Å². The third-order valence-corrected chi connectivity index (χ3v) is 3.37. The number of furan rings is 1. The van der Waals surface area contributed by atoms with Crippen LogP contribution in [0.15, 0.2) is 47.1 Å². The standard InChI is InChI=1S/C16H14FNO2/c17-14-7-1-4-12-5-2-10-18(16(12)14)15(19)9-8-13-6-3-11-20-13/h1,3-4,6-9,11H,2,5,10H2. The average molecular weight is 271 g/mol. The van der Waals surface area contributed by atoms with E-state index in [1.807, 2.05) is 6.07 Å². The average Bonchev–Trinajstić information content (AvgIpc) is 2.98. The van der Waals surface area contributed by atoms with Gasteiger partial charge in [-0.2, -0.15) is 0 Å². The summed E-state index contributed by atoms with van der Waals surface area (Å²) in [7, 11) is 0. The van der Waals surface area contributed by atoms with E-state index in [-0.39, 0.29) is 11.7 Å². The molecule has 1 aromatic carbocycles. The van der Waals surface area contributed by atoms with Crippen LogP contribution in [0.1, 0.15) is 17.7 Å². The van der Waals surface area contributed by atoms with E-state index in [9.17, 15) is 9.18 Å². The minimum absolute atomic E-state index is 0.229. The van der Waals surface area contributed by atoms with Gasteiger partial charge in [0.15, 0.2) is 0 Å². The minimum Gasteiger partial charge on any atom is -0.465 e. The van der Waals surface area contributed by atoms with Crippen molar-refractivity contribution in [2.75, 3.05) is 11.4 Å². The molecule has 20 heavy (non-hydrogen) atoms. The Hall–Kier alpha value is -2.36. The molecule has 0 radical (unpaired) electrons. The van der Waals surface area contributed by atoms with Gasteiger partial charge in [-0.25, -0.2) is 4.39 Å². The van der Waals surface area contributed by atoms with Gasteiger partial charge in [0.05, 0.1) is 12.0 Å². The Morgan fingerprint density at radius 3 is 3.00 bits per heavy atom. The fourth-order valence-electron chi connectivity index (χ4n) is 2.45. The van der Waals surface area contributed by atoms with Crippen LogP contribution in [0.4, 0.5) is 10.1 Å². The minimum atomic E-state index is -0.345. The lowest BCUT2D eigenvalue weighted by molar-refractivity contribution is -0.114. The van der Waals surface area contributed by atoms with Crippen molar-refractivity contribution in [1.82, 2.24) is 0 Å².